The molecule has 1 atom stereocenters. The van der Waals surface area contributed by atoms with Gasteiger partial charge in [0.2, 0.25) is 0 Å². The lowest BCUT2D eigenvalue weighted by molar-refractivity contribution is 0.282. The summed E-state index contributed by atoms with van der Waals surface area (Å²) in [6.45, 7) is 4.72. The summed E-state index contributed by atoms with van der Waals surface area (Å²) in [6, 6.07) is 5.83. The molecule has 4 nitrogen and oxygen atoms in total. The van der Waals surface area contributed by atoms with E-state index in [1.165, 1.54) is 0 Å². The summed E-state index contributed by atoms with van der Waals surface area (Å²) in [5.74, 6) is 0.698. The van der Waals surface area contributed by atoms with Gasteiger partial charge in [0.1, 0.15) is 5.75 Å². The molecule has 1 rings (SSSR count). The molecule has 0 fully saturated rings. The molecule has 1 unspecified atom stereocenters. The van der Waals surface area contributed by atoms with E-state index >= 15 is 0 Å². The molecule has 1 aromatic carbocycles. The van der Waals surface area contributed by atoms with Gasteiger partial charge in [0.15, 0.2) is 0 Å². The lowest BCUT2D eigenvalue weighted by Crippen LogP contribution is -2.16. The van der Waals surface area contributed by atoms with Crippen molar-refractivity contribution in [2.45, 2.75) is 26.3 Å². The quantitative estimate of drug-likeness (QED) is 0.645. The number of nitrogens with one attached hydrogen (secondary N) is 1. The first-order valence-corrected chi connectivity index (χ1v) is 5.57. The van der Waals surface area contributed by atoms with Crippen molar-refractivity contribution in [3.8, 4) is 5.75 Å². The minimum Gasteiger partial charge on any atom is -0.492 e. The van der Waals surface area contributed by atoms with Gasteiger partial charge >= 0.3 is 0 Å². The SMILES string of the molecule is CCOc1cc(NC(C)CCO)ccc1N. The fourth-order valence-corrected chi connectivity index (χ4v) is 1.45. The van der Waals surface area contributed by atoms with Crippen LogP contribution in [0.1, 0.15) is 20.3 Å². The largest absolute Gasteiger partial charge is 0.492 e. The Balaban J connectivity index is 2.70. The van der Waals surface area contributed by atoms with Crippen LogP contribution in [0.5, 0.6) is 5.75 Å². The Morgan fingerprint density at radius 2 is 2.25 bits per heavy atom. The van der Waals surface area contributed by atoms with Crippen molar-refractivity contribution in [1.29, 1.82) is 0 Å². The highest BCUT2D eigenvalue weighted by Crippen LogP contribution is 2.25. The highest BCUT2D eigenvalue weighted by Gasteiger charge is 2.04. The van der Waals surface area contributed by atoms with Crippen LogP contribution in [0.15, 0.2) is 18.2 Å². The maximum absolute atomic E-state index is 8.81. The normalized spacial score (nSPS) is 12.2. The number of nitrogens with two attached hydrogens (primary N) is 1. The third kappa shape index (κ3) is 3.62. The average Bonchev–Trinajstić information content (AvgIpc) is 2.24. The van der Waals surface area contributed by atoms with E-state index in [0.29, 0.717) is 24.5 Å². The highest BCUT2D eigenvalue weighted by molar-refractivity contribution is 5.61. The van der Waals surface area contributed by atoms with Crippen molar-refractivity contribution in [1.82, 2.24) is 0 Å². The Hall–Kier alpha value is -1.42. The fourth-order valence-electron chi connectivity index (χ4n) is 1.45. The van der Waals surface area contributed by atoms with Crippen molar-refractivity contribution in [2.75, 3.05) is 24.3 Å². The highest BCUT2D eigenvalue weighted by atomic mass is 16.5. The van der Waals surface area contributed by atoms with Gasteiger partial charge in [0, 0.05) is 24.4 Å². The molecule has 16 heavy (non-hydrogen) atoms. The smallest absolute Gasteiger partial charge is 0.144 e. The zero-order chi connectivity index (χ0) is 12.0. The zero-order valence-electron chi connectivity index (χ0n) is 9.86. The summed E-state index contributed by atoms with van der Waals surface area (Å²) in [7, 11) is 0. The number of hydrogen-bond donors (Lipinski definition) is 3. The first-order chi connectivity index (χ1) is 7.67. The van der Waals surface area contributed by atoms with E-state index in [-0.39, 0.29) is 12.6 Å². The molecule has 0 aliphatic carbocycles. The van der Waals surface area contributed by atoms with Crippen LogP contribution in [0.4, 0.5) is 11.4 Å². The number of ether oxygens (including phenoxy) is 1. The third-order valence-electron chi connectivity index (χ3n) is 2.29. The van der Waals surface area contributed by atoms with Crippen molar-refractivity contribution in [3.05, 3.63) is 18.2 Å². The summed E-state index contributed by atoms with van der Waals surface area (Å²) >= 11 is 0. The molecule has 0 heterocycles. The fraction of sp³-hybridized carbons (Fsp3) is 0.500. The molecule has 90 valence electrons. The van der Waals surface area contributed by atoms with Crippen LogP contribution in [0.25, 0.3) is 0 Å². The summed E-state index contributed by atoms with van der Waals surface area (Å²) in [4.78, 5) is 0. The van der Waals surface area contributed by atoms with Gasteiger partial charge in [-0.2, -0.15) is 0 Å². The van der Waals surface area contributed by atoms with E-state index in [1.54, 1.807) is 0 Å². The summed E-state index contributed by atoms with van der Waals surface area (Å²) < 4.78 is 5.40. The van der Waals surface area contributed by atoms with Crippen LogP contribution in [-0.4, -0.2) is 24.4 Å². The van der Waals surface area contributed by atoms with Gasteiger partial charge in [0.25, 0.3) is 0 Å². The van der Waals surface area contributed by atoms with Crippen LogP contribution in [0.2, 0.25) is 0 Å². The van der Waals surface area contributed by atoms with Gasteiger partial charge in [-0.1, -0.05) is 0 Å². The molecule has 0 aromatic heterocycles. The molecular weight excluding hydrogens is 204 g/mol. The Bertz CT molecular complexity index is 329. The van der Waals surface area contributed by atoms with Crippen LogP contribution >= 0.6 is 0 Å². The number of aliphatic hydroxyl groups excluding tert-OH is 1. The van der Waals surface area contributed by atoms with E-state index in [0.717, 1.165) is 5.69 Å². The number of nitrogen functional groups attached to an aromatic ring is 1. The van der Waals surface area contributed by atoms with E-state index in [9.17, 15) is 0 Å². The molecule has 0 saturated heterocycles. The third-order valence-corrected chi connectivity index (χ3v) is 2.29. The predicted octanol–water partition coefficient (Wildman–Crippen LogP) is 1.85. The van der Waals surface area contributed by atoms with E-state index in [4.69, 9.17) is 15.6 Å². The topological polar surface area (TPSA) is 67.5 Å². The molecule has 0 radical (unpaired) electrons. The molecule has 0 aliphatic rings. The minimum atomic E-state index is 0.182. The summed E-state index contributed by atoms with van der Waals surface area (Å²) in [5.41, 5.74) is 7.37. The first-order valence-electron chi connectivity index (χ1n) is 5.57. The Labute approximate surface area is 96.4 Å². The number of benzene rings is 1. The maximum atomic E-state index is 8.81. The number of aliphatic hydroxyl groups is 1. The van der Waals surface area contributed by atoms with E-state index < -0.39 is 0 Å². The molecule has 0 saturated carbocycles. The standard InChI is InChI=1S/C12H20N2O2/c1-3-16-12-8-10(4-5-11(12)13)14-9(2)6-7-15/h4-5,8-9,14-15H,3,6-7,13H2,1-2H3. The van der Waals surface area contributed by atoms with Crippen molar-refractivity contribution in [2.24, 2.45) is 0 Å². The van der Waals surface area contributed by atoms with E-state index in [1.807, 2.05) is 32.0 Å². The lowest BCUT2D eigenvalue weighted by atomic mass is 10.2. The second-order valence-corrected chi connectivity index (χ2v) is 3.74. The summed E-state index contributed by atoms with van der Waals surface area (Å²) in [5, 5.41) is 12.1. The molecule has 1 aromatic rings. The average molecular weight is 224 g/mol. The Kier molecular flexibility index (Phi) is 4.92. The zero-order valence-corrected chi connectivity index (χ0v) is 9.86. The molecule has 0 aliphatic heterocycles. The number of anilines is 2. The molecule has 0 amide bonds. The second-order valence-electron chi connectivity index (χ2n) is 3.74. The van der Waals surface area contributed by atoms with Crippen LogP contribution in [0, 0.1) is 0 Å². The minimum absolute atomic E-state index is 0.182. The van der Waals surface area contributed by atoms with Gasteiger partial charge < -0.3 is 20.9 Å². The van der Waals surface area contributed by atoms with Crippen LogP contribution < -0.4 is 15.8 Å². The molecule has 4 heteroatoms. The Morgan fingerprint density at radius 1 is 1.50 bits per heavy atom. The van der Waals surface area contributed by atoms with Gasteiger partial charge in [-0.25, -0.2) is 0 Å². The molecule has 4 N–H and O–H groups in total. The van der Waals surface area contributed by atoms with E-state index in [2.05, 4.69) is 5.32 Å². The number of rotatable bonds is 6. The van der Waals surface area contributed by atoms with Gasteiger partial charge in [0.05, 0.1) is 12.3 Å². The van der Waals surface area contributed by atoms with Gasteiger partial charge in [-0.15, -0.1) is 0 Å². The maximum Gasteiger partial charge on any atom is 0.144 e. The van der Waals surface area contributed by atoms with Crippen molar-refractivity contribution in [3.63, 3.8) is 0 Å². The summed E-state index contributed by atoms with van der Waals surface area (Å²) in [6.07, 6.45) is 0.717. The monoisotopic (exact) mass is 224 g/mol. The molecule has 0 bridgehead atoms. The molecular formula is C12H20N2O2. The van der Waals surface area contributed by atoms with Gasteiger partial charge in [-0.05, 0) is 32.4 Å². The predicted molar refractivity (Wildman–Crippen MR) is 66.8 cm³/mol. The van der Waals surface area contributed by atoms with Crippen molar-refractivity contribution < 1.29 is 9.84 Å². The second kappa shape index (κ2) is 6.23. The van der Waals surface area contributed by atoms with Crippen molar-refractivity contribution >= 4 is 11.4 Å². The Morgan fingerprint density at radius 3 is 2.88 bits per heavy atom. The molecule has 0 spiro atoms. The van der Waals surface area contributed by atoms with Crippen LogP contribution in [0.3, 0.4) is 0 Å². The number of hydrogen-bond acceptors (Lipinski definition) is 4. The first kappa shape index (κ1) is 12.6. The van der Waals surface area contributed by atoms with Gasteiger partial charge in [-0.3, -0.25) is 0 Å². The van der Waals surface area contributed by atoms with Crippen LogP contribution in [-0.2, 0) is 0 Å². The lowest BCUT2D eigenvalue weighted by Gasteiger charge is -2.15.